The average Bonchev–Trinajstić information content (AvgIpc) is 2.65. The zero-order chi connectivity index (χ0) is 20.3. The Hall–Kier alpha value is -2.97. The number of hydrogen-bond acceptors (Lipinski definition) is 4. The summed E-state index contributed by atoms with van der Waals surface area (Å²) in [4.78, 5) is 16.4. The largest absolute Gasteiger partial charge is 0.322 e. The van der Waals surface area contributed by atoms with Gasteiger partial charge in [0.15, 0.2) is 0 Å². The van der Waals surface area contributed by atoms with Crippen molar-refractivity contribution >= 4 is 39.0 Å². The van der Waals surface area contributed by atoms with Crippen LogP contribution in [-0.2, 0) is 10.0 Å². The zero-order valence-corrected chi connectivity index (χ0v) is 16.2. The third kappa shape index (κ3) is 4.65. The summed E-state index contributed by atoms with van der Waals surface area (Å²) in [5.74, 6) is -1.14. The molecule has 1 aromatic heterocycles. The van der Waals surface area contributed by atoms with Crippen LogP contribution >= 0.6 is 11.6 Å². The van der Waals surface area contributed by atoms with Crippen LogP contribution in [0.3, 0.4) is 0 Å². The minimum absolute atomic E-state index is 0.00892. The van der Waals surface area contributed by atoms with Crippen LogP contribution in [0.15, 0.2) is 65.7 Å². The van der Waals surface area contributed by atoms with Crippen LogP contribution in [0.2, 0.25) is 5.02 Å². The summed E-state index contributed by atoms with van der Waals surface area (Å²) in [6.45, 7) is 1.85. The van der Waals surface area contributed by atoms with Gasteiger partial charge in [0.1, 0.15) is 11.6 Å². The predicted octanol–water partition coefficient (Wildman–Crippen LogP) is 4.24. The standard InChI is InChI=1S/C19H15ClFN3O3S/c1-12-2-5-15(6-3-12)28(26,27)24-18-10-13(8-9-22-18)19(25)23-14-4-7-17(21)16(20)11-14/h2-11H,1H3,(H,22,24)(H,23,25). The lowest BCUT2D eigenvalue weighted by molar-refractivity contribution is 0.102. The van der Waals surface area contributed by atoms with Gasteiger partial charge in [0.2, 0.25) is 0 Å². The van der Waals surface area contributed by atoms with Gasteiger partial charge in [-0.15, -0.1) is 0 Å². The van der Waals surface area contributed by atoms with Crippen LogP contribution in [0.1, 0.15) is 15.9 Å². The Bertz CT molecular complexity index is 1140. The smallest absolute Gasteiger partial charge is 0.263 e. The van der Waals surface area contributed by atoms with Crippen molar-refractivity contribution in [1.82, 2.24) is 4.98 Å². The summed E-state index contributed by atoms with van der Waals surface area (Å²) in [6.07, 6.45) is 1.31. The molecule has 0 aliphatic heterocycles. The Balaban J connectivity index is 1.78. The van der Waals surface area contributed by atoms with Crippen molar-refractivity contribution in [1.29, 1.82) is 0 Å². The van der Waals surface area contributed by atoms with E-state index in [2.05, 4.69) is 15.0 Å². The molecule has 1 heterocycles. The van der Waals surface area contributed by atoms with Crippen molar-refractivity contribution < 1.29 is 17.6 Å². The highest BCUT2D eigenvalue weighted by Crippen LogP contribution is 2.21. The molecule has 0 radical (unpaired) electrons. The highest BCUT2D eigenvalue weighted by atomic mass is 35.5. The Morgan fingerprint density at radius 1 is 1.07 bits per heavy atom. The predicted molar refractivity (Wildman–Crippen MR) is 106 cm³/mol. The molecule has 0 saturated carbocycles. The van der Waals surface area contributed by atoms with Crippen molar-refractivity contribution in [2.45, 2.75) is 11.8 Å². The first-order chi connectivity index (χ1) is 13.2. The summed E-state index contributed by atoms with van der Waals surface area (Å²) < 4.78 is 40.5. The van der Waals surface area contributed by atoms with Gasteiger partial charge < -0.3 is 5.32 Å². The van der Waals surface area contributed by atoms with Gasteiger partial charge in [-0.3, -0.25) is 9.52 Å². The first-order valence-electron chi connectivity index (χ1n) is 8.06. The maximum Gasteiger partial charge on any atom is 0.263 e. The highest BCUT2D eigenvalue weighted by molar-refractivity contribution is 7.92. The van der Waals surface area contributed by atoms with Crippen LogP contribution in [0.25, 0.3) is 0 Å². The summed E-state index contributed by atoms with van der Waals surface area (Å²) in [7, 11) is -3.85. The number of carbonyl (C=O) groups excluding carboxylic acids is 1. The molecule has 0 aliphatic rings. The molecule has 2 aromatic carbocycles. The number of aromatic nitrogens is 1. The number of pyridine rings is 1. The number of benzene rings is 2. The van der Waals surface area contributed by atoms with E-state index in [0.29, 0.717) is 5.69 Å². The number of hydrogen-bond donors (Lipinski definition) is 2. The highest BCUT2D eigenvalue weighted by Gasteiger charge is 2.16. The van der Waals surface area contributed by atoms with Gasteiger partial charge in [0.05, 0.1) is 9.92 Å². The fourth-order valence-electron chi connectivity index (χ4n) is 2.32. The number of aryl methyl sites for hydroxylation is 1. The number of carbonyl (C=O) groups is 1. The van der Waals surface area contributed by atoms with E-state index in [9.17, 15) is 17.6 Å². The second-order valence-corrected chi connectivity index (χ2v) is 8.02. The maximum atomic E-state index is 13.2. The Kier molecular flexibility index (Phi) is 5.62. The summed E-state index contributed by atoms with van der Waals surface area (Å²) in [5.41, 5.74) is 1.39. The minimum atomic E-state index is -3.85. The third-order valence-electron chi connectivity index (χ3n) is 3.77. The topological polar surface area (TPSA) is 88.2 Å². The van der Waals surface area contributed by atoms with E-state index >= 15 is 0 Å². The Morgan fingerprint density at radius 2 is 1.79 bits per heavy atom. The molecule has 0 fully saturated rings. The molecule has 0 spiro atoms. The van der Waals surface area contributed by atoms with Crippen LogP contribution in [-0.4, -0.2) is 19.3 Å². The lowest BCUT2D eigenvalue weighted by Crippen LogP contribution is -2.16. The SMILES string of the molecule is Cc1ccc(S(=O)(=O)Nc2cc(C(=O)Nc3ccc(F)c(Cl)c3)ccn2)cc1. The quantitative estimate of drug-likeness (QED) is 0.647. The van der Waals surface area contributed by atoms with Gasteiger partial charge in [-0.2, -0.15) is 0 Å². The first kappa shape index (κ1) is 19.8. The van der Waals surface area contributed by atoms with Crippen molar-refractivity contribution in [3.05, 3.63) is 82.8 Å². The van der Waals surface area contributed by atoms with Crippen LogP contribution < -0.4 is 10.0 Å². The lowest BCUT2D eigenvalue weighted by Gasteiger charge is -2.10. The second-order valence-electron chi connectivity index (χ2n) is 5.93. The van der Waals surface area contributed by atoms with Crippen molar-refractivity contribution in [2.75, 3.05) is 10.0 Å². The fraction of sp³-hybridized carbons (Fsp3) is 0.0526. The van der Waals surface area contributed by atoms with Gasteiger partial charge >= 0.3 is 0 Å². The third-order valence-corrected chi connectivity index (χ3v) is 5.43. The number of nitrogens with one attached hydrogen (secondary N) is 2. The molecule has 28 heavy (non-hydrogen) atoms. The number of sulfonamides is 1. The number of halogens is 2. The lowest BCUT2D eigenvalue weighted by atomic mass is 10.2. The Labute approximate surface area is 166 Å². The zero-order valence-electron chi connectivity index (χ0n) is 14.6. The Morgan fingerprint density at radius 3 is 2.46 bits per heavy atom. The molecule has 0 bridgehead atoms. The fourth-order valence-corrected chi connectivity index (χ4v) is 3.50. The molecule has 9 heteroatoms. The number of anilines is 2. The van der Waals surface area contributed by atoms with Crippen LogP contribution in [0, 0.1) is 12.7 Å². The van der Waals surface area contributed by atoms with Gasteiger partial charge in [-0.1, -0.05) is 29.3 Å². The molecular weight excluding hydrogens is 405 g/mol. The maximum absolute atomic E-state index is 13.2. The van der Waals surface area contributed by atoms with Crippen molar-refractivity contribution in [2.24, 2.45) is 0 Å². The van der Waals surface area contributed by atoms with E-state index in [1.807, 2.05) is 6.92 Å². The average molecular weight is 420 g/mol. The molecule has 0 atom stereocenters. The normalized spacial score (nSPS) is 11.1. The summed E-state index contributed by atoms with van der Waals surface area (Å²) in [6, 6.07) is 12.8. The molecule has 0 unspecified atom stereocenters. The van der Waals surface area contributed by atoms with E-state index in [1.54, 1.807) is 12.1 Å². The number of rotatable bonds is 5. The molecule has 2 N–H and O–H groups in total. The van der Waals surface area contributed by atoms with E-state index < -0.39 is 21.7 Å². The number of amides is 1. The van der Waals surface area contributed by atoms with E-state index in [1.165, 1.54) is 42.6 Å². The van der Waals surface area contributed by atoms with Crippen molar-refractivity contribution in [3.63, 3.8) is 0 Å². The summed E-state index contributed by atoms with van der Waals surface area (Å²) in [5, 5.41) is 2.43. The van der Waals surface area contributed by atoms with E-state index in [-0.39, 0.29) is 21.3 Å². The molecule has 0 aliphatic carbocycles. The monoisotopic (exact) mass is 419 g/mol. The molecule has 0 saturated heterocycles. The molecule has 3 aromatic rings. The summed E-state index contributed by atoms with van der Waals surface area (Å²) >= 11 is 5.70. The molecule has 3 rings (SSSR count). The second kappa shape index (κ2) is 7.95. The van der Waals surface area contributed by atoms with E-state index in [0.717, 1.165) is 11.6 Å². The van der Waals surface area contributed by atoms with Crippen LogP contribution in [0.5, 0.6) is 0 Å². The van der Waals surface area contributed by atoms with Gasteiger partial charge in [0, 0.05) is 17.4 Å². The molecule has 144 valence electrons. The van der Waals surface area contributed by atoms with Gasteiger partial charge in [-0.05, 0) is 49.4 Å². The van der Waals surface area contributed by atoms with Gasteiger partial charge in [0.25, 0.3) is 15.9 Å². The van der Waals surface area contributed by atoms with Crippen molar-refractivity contribution in [3.8, 4) is 0 Å². The van der Waals surface area contributed by atoms with E-state index in [4.69, 9.17) is 11.6 Å². The first-order valence-corrected chi connectivity index (χ1v) is 9.93. The van der Waals surface area contributed by atoms with Crippen LogP contribution in [0.4, 0.5) is 15.9 Å². The number of nitrogens with zero attached hydrogens (tertiary/aromatic N) is 1. The van der Waals surface area contributed by atoms with Gasteiger partial charge in [-0.25, -0.2) is 17.8 Å². The molecular formula is C19H15ClFN3O3S. The molecule has 6 nitrogen and oxygen atoms in total. The molecule has 1 amide bonds. The minimum Gasteiger partial charge on any atom is -0.322 e.